The third kappa shape index (κ3) is 4.55. The largest absolute Gasteiger partial charge is 0.378 e. The summed E-state index contributed by atoms with van der Waals surface area (Å²) in [5.74, 6) is 0.610. The van der Waals surface area contributed by atoms with Crippen LogP contribution in [-0.4, -0.2) is 18.6 Å². The van der Waals surface area contributed by atoms with Crippen LogP contribution in [0.15, 0.2) is 24.3 Å². The number of nitrogens with one attached hydrogen (secondary N) is 1. The van der Waals surface area contributed by atoms with Crippen LogP contribution >= 0.6 is 0 Å². The minimum Gasteiger partial charge on any atom is -0.378 e. The third-order valence-corrected chi connectivity index (χ3v) is 4.16. The van der Waals surface area contributed by atoms with E-state index in [2.05, 4.69) is 5.32 Å². The highest BCUT2D eigenvalue weighted by Gasteiger charge is 2.31. The number of rotatable bonds is 7. The van der Waals surface area contributed by atoms with Gasteiger partial charge >= 0.3 is 0 Å². The highest BCUT2D eigenvalue weighted by Crippen LogP contribution is 2.32. The predicted octanol–water partition coefficient (Wildman–Crippen LogP) is 2.53. The number of hydrogen-bond donors (Lipinski definition) is 2. The lowest BCUT2D eigenvalue weighted by atomic mass is 9.80. The number of carbonyl (C=O) groups excluding carboxylic acids is 1. The van der Waals surface area contributed by atoms with E-state index >= 15 is 0 Å². The van der Waals surface area contributed by atoms with Crippen LogP contribution in [0.2, 0.25) is 0 Å². The summed E-state index contributed by atoms with van der Waals surface area (Å²) < 4.78 is 5.52. The monoisotopic (exact) mass is 290 g/mol. The van der Waals surface area contributed by atoms with E-state index in [9.17, 15) is 4.79 Å². The lowest BCUT2D eigenvalue weighted by molar-refractivity contribution is -0.124. The van der Waals surface area contributed by atoms with Crippen LogP contribution in [-0.2, 0) is 16.1 Å². The van der Waals surface area contributed by atoms with Crippen molar-refractivity contribution in [2.45, 2.75) is 51.8 Å². The molecular formula is C17H26N2O2. The van der Waals surface area contributed by atoms with E-state index in [0.717, 1.165) is 30.6 Å². The molecule has 1 fully saturated rings. The molecule has 1 unspecified atom stereocenters. The summed E-state index contributed by atoms with van der Waals surface area (Å²) in [4.78, 5) is 12.0. The number of benzene rings is 1. The number of ether oxygens (including phenoxy) is 1. The maximum Gasteiger partial charge on any atom is 0.220 e. The topological polar surface area (TPSA) is 64.3 Å². The van der Waals surface area contributed by atoms with Gasteiger partial charge in [-0.05, 0) is 43.7 Å². The van der Waals surface area contributed by atoms with Crippen molar-refractivity contribution in [3.63, 3.8) is 0 Å². The summed E-state index contributed by atoms with van der Waals surface area (Å²) >= 11 is 0. The second-order valence-corrected chi connectivity index (χ2v) is 5.85. The van der Waals surface area contributed by atoms with Crippen molar-refractivity contribution in [1.82, 2.24) is 5.32 Å². The van der Waals surface area contributed by atoms with Gasteiger partial charge in [0.2, 0.25) is 5.91 Å². The lowest BCUT2D eigenvalue weighted by Gasteiger charge is -2.34. The zero-order valence-electron chi connectivity index (χ0n) is 13.0. The van der Waals surface area contributed by atoms with Crippen molar-refractivity contribution >= 4 is 5.91 Å². The Morgan fingerprint density at radius 2 is 2.05 bits per heavy atom. The maximum absolute atomic E-state index is 12.0. The molecule has 4 nitrogen and oxygen atoms in total. The Morgan fingerprint density at radius 1 is 1.38 bits per heavy atom. The summed E-state index contributed by atoms with van der Waals surface area (Å²) in [6, 6.07) is 8.11. The minimum absolute atomic E-state index is 0.0343. The van der Waals surface area contributed by atoms with E-state index in [1.165, 1.54) is 0 Å². The molecule has 1 aromatic carbocycles. The van der Waals surface area contributed by atoms with E-state index in [4.69, 9.17) is 10.5 Å². The fourth-order valence-corrected chi connectivity index (χ4v) is 2.80. The van der Waals surface area contributed by atoms with Gasteiger partial charge in [-0.1, -0.05) is 24.3 Å². The molecule has 21 heavy (non-hydrogen) atoms. The second kappa shape index (κ2) is 7.57. The summed E-state index contributed by atoms with van der Waals surface area (Å²) in [6.45, 7) is 5.33. The van der Waals surface area contributed by atoms with Crippen LogP contribution in [0.25, 0.3) is 0 Å². The quantitative estimate of drug-likeness (QED) is 0.811. The highest BCUT2D eigenvalue weighted by molar-refractivity contribution is 5.76. The summed E-state index contributed by atoms with van der Waals surface area (Å²) in [5.41, 5.74) is 7.80. The highest BCUT2D eigenvalue weighted by atomic mass is 16.5. The van der Waals surface area contributed by atoms with Crippen LogP contribution in [0.5, 0.6) is 0 Å². The van der Waals surface area contributed by atoms with Gasteiger partial charge in [0.15, 0.2) is 0 Å². The van der Waals surface area contributed by atoms with Crippen LogP contribution < -0.4 is 11.1 Å². The normalized spacial score (nSPS) is 22.4. The second-order valence-electron chi connectivity index (χ2n) is 5.85. The number of nitrogens with two attached hydrogens (primary N) is 1. The van der Waals surface area contributed by atoms with Gasteiger partial charge in [0, 0.05) is 19.6 Å². The molecule has 0 aliphatic heterocycles. The summed E-state index contributed by atoms with van der Waals surface area (Å²) in [5, 5.41) is 3.07. The minimum atomic E-state index is 0.0343. The van der Waals surface area contributed by atoms with E-state index < -0.39 is 0 Å². The molecule has 1 saturated carbocycles. The van der Waals surface area contributed by atoms with Crippen molar-refractivity contribution in [1.29, 1.82) is 0 Å². The first kappa shape index (κ1) is 16.0. The number of hydrogen-bond acceptors (Lipinski definition) is 3. The Kier molecular flexibility index (Phi) is 5.76. The van der Waals surface area contributed by atoms with Crippen LogP contribution in [0.4, 0.5) is 0 Å². The zero-order chi connectivity index (χ0) is 15.2. The molecule has 0 bridgehead atoms. The molecule has 1 aromatic rings. The summed E-state index contributed by atoms with van der Waals surface area (Å²) in [7, 11) is 0. The average molecular weight is 290 g/mol. The van der Waals surface area contributed by atoms with E-state index in [0.29, 0.717) is 25.0 Å². The van der Waals surface area contributed by atoms with E-state index in [1.807, 2.05) is 38.1 Å². The van der Waals surface area contributed by atoms with Gasteiger partial charge in [0.1, 0.15) is 0 Å². The fraction of sp³-hybridized carbons (Fsp3) is 0.588. The molecule has 116 valence electrons. The first-order valence-corrected chi connectivity index (χ1v) is 7.82. The molecule has 0 spiro atoms. The zero-order valence-corrected chi connectivity index (χ0v) is 13.0. The predicted molar refractivity (Wildman–Crippen MR) is 83.6 cm³/mol. The van der Waals surface area contributed by atoms with Gasteiger partial charge in [0.05, 0.1) is 12.1 Å². The molecule has 0 radical (unpaired) electrons. The molecule has 1 aliphatic rings. The Balaban J connectivity index is 1.74. The fourth-order valence-electron chi connectivity index (χ4n) is 2.80. The third-order valence-electron chi connectivity index (χ3n) is 4.16. The van der Waals surface area contributed by atoms with Gasteiger partial charge in [-0.2, -0.15) is 0 Å². The van der Waals surface area contributed by atoms with E-state index in [1.54, 1.807) is 0 Å². The molecule has 1 atom stereocenters. The van der Waals surface area contributed by atoms with Crippen molar-refractivity contribution in [3.05, 3.63) is 35.4 Å². The van der Waals surface area contributed by atoms with Crippen molar-refractivity contribution in [3.8, 4) is 0 Å². The standard InChI is InChI=1S/C17H26N2O2/c1-3-21-16-8-14(9-16)10-17(20)19-12(2)15-6-4-13(11-18)5-7-15/h4-7,12,14,16H,3,8-11,18H2,1-2H3,(H,19,20). The Bertz CT molecular complexity index is 452. The molecule has 4 heteroatoms. The lowest BCUT2D eigenvalue weighted by Crippen LogP contribution is -2.36. The van der Waals surface area contributed by atoms with Gasteiger partial charge in [-0.25, -0.2) is 0 Å². The molecule has 2 rings (SSSR count). The molecule has 0 aromatic heterocycles. The van der Waals surface area contributed by atoms with Crippen LogP contribution in [0.1, 0.15) is 50.3 Å². The molecule has 0 saturated heterocycles. The number of carbonyl (C=O) groups is 1. The first-order valence-electron chi connectivity index (χ1n) is 7.82. The van der Waals surface area contributed by atoms with Gasteiger partial charge in [-0.15, -0.1) is 0 Å². The number of amides is 1. The molecule has 3 N–H and O–H groups in total. The Morgan fingerprint density at radius 3 is 2.62 bits per heavy atom. The Hall–Kier alpha value is -1.39. The van der Waals surface area contributed by atoms with Gasteiger partial charge < -0.3 is 15.8 Å². The van der Waals surface area contributed by atoms with Crippen LogP contribution in [0, 0.1) is 5.92 Å². The van der Waals surface area contributed by atoms with Crippen molar-refractivity contribution in [2.24, 2.45) is 11.7 Å². The van der Waals surface area contributed by atoms with Gasteiger partial charge in [0.25, 0.3) is 0 Å². The van der Waals surface area contributed by atoms with Crippen LogP contribution in [0.3, 0.4) is 0 Å². The van der Waals surface area contributed by atoms with E-state index in [-0.39, 0.29) is 11.9 Å². The Labute approximate surface area is 127 Å². The molecule has 1 aliphatic carbocycles. The van der Waals surface area contributed by atoms with Crippen molar-refractivity contribution < 1.29 is 9.53 Å². The van der Waals surface area contributed by atoms with Crippen molar-refractivity contribution in [2.75, 3.05) is 6.61 Å². The maximum atomic E-state index is 12.0. The molecule has 1 amide bonds. The first-order chi connectivity index (χ1) is 10.1. The molecule has 0 heterocycles. The van der Waals surface area contributed by atoms with Gasteiger partial charge in [-0.3, -0.25) is 4.79 Å². The average Bonchev–Trinajstić information content (AvgIpc) is 2.45. The molecular weight excluding hydrogens is 264 g/mol. The summed E-state index contributed by atoms with van der Waals surface area (Å²) in [6.07, 6.45) is 3.00. The SMILES string of the molecule is CCOC1CC(CC(=O)NC(C)c2ccc(CN)cc2)C1. The smallest absolute Gasteiger partial charge is 0.220 e.